The van der Waals surface area contributed by atoms with E-state index in [9.17, 15) is 0 Å². The summed E-state index contributed by atoms with van der Waals surface area (Å²) in [5.41, 5.74) is 1.07. The number of hydrogen-bond acceptors (Lipinski definition) is 3. The maximum absolute atomic E-state index is 5.31. The first-order valence-corrected chi connectivity index (χ1v) is 7.44. The van der Waals surface area contributed by atoms with Crippen molar-refractivity contribution in [2.24, 2.45) is 0 Å². The van der Waals surface area contributed by atoms with Crippen molar-refractivity contribution in [3.8, 4) is 0 Å². The second-order valence-corrected chi connectivity index (χ2v) is 5.51. The van der Waals surface area contributed by atoms with E-state index in [1.165, 1.54) is 45.1 Å². The van der Waals surface area contributed by atoms with Gasteiger partial charge in [-0.2, -0.15) is 0 Å². The van der Waals surface area contributed by atoms with Crippen molar-refractivity contribution in [3.63, 3.8) is 0 Å². The molecule has 0 unspecified atom stereocenters. The minimum Gasteiger partial charge on any atom is -0.361 e. The second kappa shape index (κ2) is 6.93. The second-order valence-electron chi connectivity index (χ2n) is 5.51. The van der Waals surface area contributed by atoms with Gasteiger partial charge in [-0.15, -0.1) is 0 Å². The van der Waals surface area contributed by atoms with Gasteiger partial charge in [-0.05, 0) is 39.3 Å². The molecule has 1 aliphatic carbocycles. The van der Waals surface area contributed by atoms with Gasteiger partial charge in [-0.3, -0.25) is 0 Å². The molecule has 18 heavy (non-hydrogen) atoms. The zero-order chi connectivity index (χ0) is 12.8. The van der Waals surface area contributed by atoms with Crippen LogP contribution in [0.4, 0.5) is 0 Å². The van der Waals surface area contributed by atoms with Crippen molar-refractivity contribution in [3.05, 3.63) is 17.5 Å². The third-order valence-electron chi connectivity index (χ3n) is 4.10. The van der Waals surface area contributed by atoms with Crippen LogP contribution in [-0.2, 0) is 12.8 Å². The van der Waals surface area contributed by atoms with Gasteiger partial charge in [0.15, 0.2) is 0 Å². The molecule has 0 bridgehead atoms. The summed E-state index contributed by atoms with van der Waals surface area (Å²) in [6.07, 6.45) is 10.2. The van der Waals surface area contributed by atoms with Gasteiger partial charge in [-0.25, -0.2) is 0 Å². The molecule has 3 heteroatoms. The molecule has 1 heterocycles. The molecular formula is C15H26N2O. The quantitative estimate of drug-likeness (QED) is 0.774. The lowest BCUT2D eigenvalue weighted by molar-refractivity contribution is 0.188. The number of aromatic nitrogens is 1. The van der Waals surface area contributed by atoms with E-state index in [-0.39, 0.29) is 0 Å². The van der Waals surface area contributed by atoms with Crippen molar-refractivity contribution < 1.29 is 4.52 Å². The Balaban J connectivity index is 1.67. The molecule has 0 atom stereocenters. The molecule has 1 saturated carbocycles. The van der Waals surface area contributed by atoms with Gasteiger partial charge in [0.2, 0.25) is 0 Å². The first-order valence-electron chi connectivity index (χ1n) is 7.44. The third-order valence-corrected chi connectivity index (χ3v) is 4.10. The molecular weight excluding hydrogens is 224 g/mol. The van der Waals surface area contributed by atoms with Crippen molar-refractivity contribution >= 4 is 0 Å². The predicted octanol–water partition coefficient (Wildman–Crippen LogP) is 3.43. The van der Waals surface area contributed by atoms with E-state index in [1.54, 1.807) is 0 Å². The standard InChI is InChI=1S/C15H26N2O/c1-3-13-12-15(18-16-13)10-7-11-17(2)14-8-5-4-6-9-14/h12,14H,3-11H2,1-2H3. The van der Waals surface area contributed by atoms with E-state index >= 15 is 0 Å². The van der Waals surface area contributed by atoms with Gasteiger partial charge in [-0.1, -0.05) is 31.3 Å². The molecule has 0 aliphatic heterocycles. The van der Waals surface area contributed by atoms with E-state index in [1.807, 2.05) is 0 Å². The van der Waals surface area contributed by atoms with E-state index in [0.29, 0.717) is 0 Å². The molecule has 0 spiro atoms. The molecule has 102 valence electrons. The first-order chi connectivity index (χ1) is 8.79. The molecule has 1 aliphatic rings. The van der Waals surface area contributed by atoms with Gasteiger partial charge in [0.25, 0.3) is 0 Å². The highest BCUT2D eigenvalue weighted by Gasteiger charge is 2.17. The molecule has 2 rings (SSSR count). The first kappa shape index (κ1) is 13.6. The van der Waals surface area contributed by atoms with E-state index in [4.69, 9.17) is 4.52 Å². The summed E-state index contributed by atoms with van der Waals surface area (Å²) < 4.78 is 5.31. The third kappa shape index (κ3) is 3.84. The summed E-state index contributed by atoms with van der Waals surface area (Å²) in [7, 11) is 2.27. The minimum atomic E-state index is 0.819. The van der Waals surface area contributed by atoms with Crippen LogP contribution < -0.4 is 0 Å². The Morgan fingerprint density at radius 1 is 1.33 bits per heavy atom. The fraction of sp³-hybridized carbons (Fsp3) is 0.800. The van der Waals surface area contributed by atoms with Crippen LogP contribution in [0, 0.1) is 0 Å². The topological polar surface area (TPSA) is 29.3 Å². The van der Waals surface area contributed by atoms with E-state index in [0.717, 1.165) is 30.3 Å². The zero-order valence-electron chi connectivity index (χ0n) is 11.8. The molecule has 0 aromatic carbocycles. The summed E-state index contributed by atoms with van der Waals surface area (Å²) in [6.45, 7) is 3.28. The Morgan fingerprint density at radius 2 is 2.11 bits per heavy atom. The normalized spacial score (nSPS) is 17.5. The van der Waals surface area contributed by atoms with Crippen molar-refractivity contribution in [2.75, 3.05) is 13.6 Å². The Labute approximate surface area is 111 Å². The summed E-state index contributed by atoms with van der Waals surface area (Å²) in [6, 6.07) is 2.92. The Bertz CT molecular complexity index is 342. The van der Waals surface area contributed by atoms with Crippen LogP contribution in [0.25, 0.3) is 0 Å². The number of hydrogen-bond donors (Lipinski definition) is 0. The van der Waals surface area contributed by atoms with Crippen LogP contribution in [0.1, 0.15) is 56.9 Å². The maximum Gasteiger partial charge on any atom is 0.137 e. The lowest BCUT2D eigenvalue weighted by Crippen LogP contribution is -2.34. The molecule has 0 N–H and O–H groups in total. The van der Waals surface area contributed by atoms with Crippen LogP contribution >= 0.6 is 0 Å². The van der Waals surface area contributed by atoms with Crippen LogP contribution in [0.2, 0.25) is 0 Å². The number of aryl methyl sites for hydroxylation is 2. The summed E-state index contributed by atoms with van der Waals surface area (Å²) in [4.78, 5) is 2.54. The minimum absolute atomic E-state index is 0.819. The molecule has 0 radical (unpaired) electrons. The van der Waals surface area contributed by atoms with Crippen molar-refractivity contribution in [1.29, 1.82) is 0 Å². The fourth-order valence-corrected chi connectivity index (χ4v) is 2.85. The SMILES string of the molecule is CCc1cc(CCCN(C)C2CCCCC2)on1. The molecule has 0 amide bonds. The highest BCUT2D eigenvalue weighted by atomic mass is 16.5. The van der Waals surface area contributed by atoms with Crippen molar-refractivity contribution in [1.82, 2.24) is 10.1 Å². The Kier molecular flexibility index (Phi) is 5.24. The summed E-state index contributed by atoms with van der Waals surface area (Å²) >= 11 is 0. The predicted molar refractivity (Wildman–Crippen MR) is 73.7 cm³/mol. The average molecular weight is 250 g/mol. The molecule has 1 aromatic rings. The van der Waals surface area contributed by atoms with Crippen LogP contribution in [-0.4, -0.2) is 29.7 Å². The molecule has 0 saturated heterocycles. The largest absolute Gasteiger partial charge is 0.361 e. The van der Waals surface area contributed by atoms with Gasteiger partial charge < -0.3 is 9.42 Å². The molecule has 1 fully saturated rings. The zero-order valence-corrected chi connectivity index (χ0v) is 11.8. The van der Waals surface area contributed by atoms with Crippen LogP contribution in [0.5, 0.6) is 0 Å². The number of nitrogens with zero attached hydrogens (tertiary/aromatic N) is 2. The molecule has 1 aromatic heterocycles. The summed E-state index contributed by atoms with van der Waals surface area (Å²) in [5, 5.41) is 4.03. The van der Waals surface area contributed by atoms with Crippen LogP contribution in [0.3, 0.4) is 0 Å². The maximum atomic E-state index is 5.31. The summed E-state index contributed by atoms with van der Waals surface area (Å²) in [5.74, 6) is 1.05. The van der Waals surface area contributed by atoms with E-state index < -0.39 is 0 Å². The monoisotopic (exact) mass is 250 g/mol. The Morgan fingerprint density at radius 3 is 2.78 bits per heavy atom. The van der Waals surface area contributed by atoms with Gasteiger partial charge in [0.1, 0.15) is 5.76 Å². The van der Waals surface area contributed by atoms with Gasteiger partial charge in [0.05, 0.1) is 5.69 Å². The lowest BCUT2D eigenvalue weighted by atomic mass is 9.94. The highest BCUT2D eigenvalue weighted by molar-refractivity contribution is 5.05. The van der Waals surface area contributed by atoms with Gasteiger partial charge >= 0.3 is 0 Å². The van der Waals surface area contributed by atoms with Gasteiger partial charge in [0, 0.05) is 18.5 Å². The van der Waals surface area contributed by atoms with Crippen molar-refractivity contribution in [2.45, 2.75) is 64.3 Å². The van der Waals surface area contributed by atoms with E-state index in [2.05, 4.69) is 30.1 Å². The Hall–Kier alpha value is -0.830. The van der Waals surface area contributed by atoms with Crippen LogP contribution in [0.15, 0.2) is 10.6 Å². The highest BCUT2D eigenvalue weighted by Crippen LogP contribution is 2.21. The average Bonchev–Trinajstić information content (AvgIpc) is 2.87. The fourth-order valence-electron chi connectivity index (χ4n) is 2.85. The lowest BCUT2D eigenvalue weighted by Gasteiger charge is -2.31. The number of rotatable bonds is 6. The smallest absolute Gasteiger partial charge is 0.137 e. The molecule has 3 nitrogen and oxygen atoms in total.